The van der Waals surface area contributed by atoms with Crippen LogP contribution in [0.5, 0.6) is 0 Å². The van der Waals surface area contributed by atoms with Gasteiger partial charge in [0.05, 0.1) is 20.6 Å². The lowest BCUT2D eigenvalue weighted by Gasteiger charge is -2.04. The summed E-state index contributed by atoms with van der Waals surface area (Å²) >= 11 is 13.0. The monoisotopic (exact) mass is 286 g/mol. The first-order valence-corrected chi connectivity index (χ1v) is 6.26. The maximum atomic E-state index is 11.3. The number of carbonyl (C=O) groups is 1. The number of hydrogen-bond acceptors (Lipinski definition) is 3. The molecule has 0 saturated heterocycles. The molecule has 88 valence electrons. The van der Waals surface area contributed by atoms with E-state index in [4.69, 9.17) is 34.7 Å². The number of thiophene rings is 1. The number of nitrogen functional groups attached to an aromatic ring is 1. The summed E-state index contributed by atoms with van der Waals surface area (Å²) in [6.45, 7) is 0. The third kappa shape index (κ3) is 2.24. The number of amides is 1. The van der Waals surface area contributed by atoms with E-state index in [0.29, 0.717) is 26.2 Å². The SMILES string of the molecule is NC(=O)c1c(-c2ccc(Cl)c(Cl)c2)csc1N. The lowest BCUT2D eigenvalue weighted by Crippen LogP contribution is -2.12. The Bertz CT molecular complexity index is 595. The first-order valence-electron chi connectivity index (χ1n) is 4.63. The average molecular weight is 287 g/mol. The minimum atomic E-state index is -0.551. The van der Waals surface area contributed by atoms with Crippen molar-refractivity contribution in [3.05, 3.63) is 39.2 Å². The zero-order valence-corrected chi connectivity index (χ0v) is 10.9. The largest absolute Gasteiger partial charge is 0.390 e. The van der Waals surface area contributed by atoms with E-state index in [1.165, 1.54) is 11.3 Å². The number of primary amides is 1. The number of rotatable bonds is 2. The lowest BCUT2D eigenvalue weighted by molar-refractivity contribution is 0.100. The second kappa shape index (κ2) is 4.56. The Kier molecular flexibility index (Phi) is 3.28. The van der Waals surface area contributed by atoms with E-state index < -0.39 is 5.91 Å². The van der Waals surface area contributed by atoms with Crippen LogP contribution in [0.4, 0.5) is 5.00 Å². The number of anilines is 1. The molecule has 0 aliphatic heterocycles. The van der Waals surface area contributed by atoms with Crippen LogP contribution in [-0.2, 0) is 0 Å². The van der Waals surface area contributed by atoms with Gasteiger partial charge in [0.25, 0.3) is 5.91 Å². The zero-order valence-electron chi connectivity index (χ0n) is 8.54. The maximum absolute atomic E-state index is 11.3. The van der Waals surface area contributed by atoms with Crippen molar-refractivity contribution in [2.75, 3.05) is 5.73 Å². The van der Waals surface area contributed by atoms with Crippen LogP contribution in [0, 0.1) is 0 Å². The van der Waals surface area contributed by atoms with Crippen molar-refractivity contribution in [3.8, 4) is 11.1 Å². The number of hydrogen-bond donors (Lipinski definition) is 2. The Labute approximate surface area is 112 Å². The van der Waals surface area contributed by atoms with Gasteiger partial charge in [0.1, 0.15) is 0 Å². The number of carbonyl (C=O) groups excluding carboxylic acids is 1. The summed E-state index contributed by atoms with van der Waals surface area (Å²) in [7, 11) is 0. The smallest absolute Gasteiger partial charge is 0.252 e. The summed E-state index contributed by atoms with van der Waals surface area (Å²) < 4.78 is 0. The Balaban J connectivity index is 2.60. The van der Waals surface area contributed by atoms with Gasteiger partial charge in [0, 0.05) is 10.9 Å². The second-order valence-electron chi connectivity index (χ2n) is 3.38. The molecule has 1 heterocycles. The van der Waals surface area contributed by atoms with Gasteiger partial charge in [-0.1, -0.05) is 29.3 Å². The third-order valence-electron chi connectivity index (χ3n) is 2.30. The normalized spacial score (nSPS) is 10.5. The van der Waals surface area contributed by atoms with Crippen LogP contribution < -0.4 is 11.5 Å². The molecule has 2 rings (SSSR count). The van der Waals surface area contributed by atoms with Crippen molar-refractivity contribution < 1.29 is 4.79 Å². The fourth-order valence-corrected chi connectivity index (χ4v) is 2.63. The molecule has 1 amide bonds. The van der Waals surface area contributed by atoms with E-state index in [2.05, 4.69) is 0 Å². The van der Waals surface area contributed by atoms with Crippen LogP contribution >= 0.6 is 34.5 Å². The van der Waals surface area contributed by atoms with Crippen molar-refractivity contribution >= 4 is 45.4 Å². The molecule has 0 bridgehead atoms. The third-order valence-corrected chi connectivity index (χ3v) is 3.85. The van der Waals surface area contributed by atoms with Crippen molar-refractivity contribution in [1.82, 2.24) is 0 Å². The van der Waals surface area contributed by atoms with Crippen molar-refractivity contribution in [1.29, 1.82) is 0 Å². The van der Waals surface area contributed by atoms with E-state index in [-0.39, 0.29) is 0 Å². The Hall–Kier alpha value is -1.23. The van der Waals surface area contributed by atoms with E-state index in [9.17, 15) is 4.79 Å². The molecular formula is C11H8Cl2N2OS. The first-order chi connectivity index (χ1) is 8.00. The molecule has 17 heavy (non-hydrogen) atoms. The maximum Gasteiger partial charge on any atom is 0.252 e. The standard InChI is InChI=1S/C11H8Cl2N2OS/c12-7-2-1-5(3-8(7)13)6-4-17-11(15)9(6)10(14)16/h1-4H,15H2,(H2,14,16). The van der Waals surface area contributed by atoms with Gasteiger partial charge in [0.2, 0.25) is 0 Å². The Morgan fingerprint density at radius 1 is 1.24 bits per heavy atom. The zero-order chi connectivity index (χ0) is 12.6. The van der Waals surface area contributed by atoms with Crippen LogP contribution in [0.15, 0.2) is 23.6 Å². The molecule has 6 heteroatoms. The Morgan fingerprint density at radius 3 is 2.53 bits per heavy atom. The highest BCUT2D eigenvalue weighted by atomic mass is 35.5. The van der Waals surface area contributed by atoms with Gasteiger partial charge in [-0.05, 0) is 17.7 Å². The molecule has 1 aromatic carbocycles. The molecule has 1 aromatic heterocycles. The summed E-state index contributed by atoms with van der Waals surface area (Å²) in [6.07, 6.45) is 0. The Morgan fingerprint density at radius 2 is 1.94 bits per heavy atom. The van der Waals surface area contributed by atoms with Gasteiger partial charge in [-0.15, -0.1) is 11.3 Å². The van der Waals surface area contributed by atoms with Crippen LogP contribution in [-0.4, -0.2) is 5.91 Å². The molecule has 0 atom stereocenters. The number of benzene rings is 1. The van der Waals surface area contributed by atoms with E-state index in [0.717, 1.165) is 5.56 Å². The number of halogens is 2. The molecule has 0 aliphatic carbocycles. The number of nitrogens with two attached hydrogens (primary N) is 2. The molecule has 0 unspecified atom stereocenters. The van der Waals surface area contributed by atoms with Gasteiger partial charge in [0.15, 0.2) is 0 Å². The predicted octanol–water partition coefficient (Wildman–Crippen LogP) is 3.40. The van der Waals surface area contributed by atoms with E-state index >= 15 is 0 Å². The molecule has 4 N–H and O–H groups in total. The van der Waals surface area contributed by atoms with E-state index in [1.807, 2.05) is 0 Å². The van der Waals surface area contributed by atoms with Gasteiger partial charge in [-0.3, -0.25) is 4.79 Å². The second-order valence-corrected chi connectivity index (χ2v) is 5.11. The predicted molar refractivity (Wildman–Crippen MR) is 72.7 cm³/mol. The quantitative estimate of drug-likeness (QED) is 0.888. The lowest BCUT2D eigenvalue weighted by atomic mass is 10.0. The highest BCUT2D eigenvalue weighted by Crippen LogP contribution is 2.35. The highest BCUT2D eigenvalue weighted by molar-refractivity contribution is 7.15. The summed E-state index contributed by atoms with van der Waals surface area (Å²) in [6, 6.07) is 5.11. The average Bonchev–Trinajstić information content (AvgIpc) is 2.64. The highest BCUT2D eigenvalue weighted by Gasteiger charge is 2.16. The van der Waals surface area contributed by atoms with Gasteiger partial charge >= 0.3 is 0 Å². The van der Waals surface area contributed by atoms with Crippen molar-refractivity contribution in [2.45, 2.75) is 0 Å². The molecular weight excluding hydrogens is 279 g/mol. The summed E-state index contributed by atoms with van der Waals surface area (Å²) in [5.74, 6) is -0.551. The molecule has 0 radical (unpaired) electrons. The topological polar surface area (TPSA) is 69.1 Å². The van der Waals surface area contributed by atoms with E-state index in [1.54, 1.807) is 23.6 Å². The van der Waals surface area contributed by atoms with Crippen LogP contribution in [0.1, 0.15) is 10.4 Å². The minimum Gasteiger partial charge on any atom is -0.390 e. The van der Waals surface area contributed by atoms with Gasteiger partial charge in [-0.25, -0.2) is 0 Å². The fraction of sp³-hybridized carbons (Fsp3) is 0. The summed E-state index contributed by atoms with van der Waals surface area (Å²) in [5, 5.41) is 3.05. The van der Waals surface area contributed by atoms with Gasteiger partial charge in [-0.2, -0.15) is 0 Å². The fourth-order valence-electron chi connectivity index (χ4n) is 1.50. The minimum absolute atomic E-state index is 0.327. The van der Waals surface area contributed by atoms with Gasteiger partial charge < -0.3 is 11.5 Å². The summed E-state index contributed by atoms with van der Waals surface area (Å²) in [4.78, 5) is 11.3. The molecule has 2 aromatic rings. The molecule has 3 nitrogen and oxygen atoms in total. The summed E-state index contributed by atoms with van der Waals surface area (Å²) in [5.41, 5.74) is 12.8. The van der Waals surface area contributed by atoms with Crippen LogP contribution in [0.25, 0.3) is 11.1 Å². The van der Waals surface area contributed by atoms with Crippen LogP contribution in [0.3, 0.4) is 0 Å². The van der Waals surface area contributed by atoms with Crippen molar-refractivity contribution in [2.24, 2.45) is 5.73 Å². The molecule has 0 aliphatic rings. The van der Waals surface area contributed by atoms with Crippen molar-refractivity contribution in [3.63, 3.8) is 0 Å². The molecule has 0 saturated carbocycles. The first kappa shape index (κ1) is 12.2. The molecule has 0 spiro atoms. The molecule has 0 fully saturated rings. The van der Waals surface area contributed by atoms with Crippen LogP contribution in [0.2, 0.25) is 10.0 Å².